The molecule has 1 atom stereocenters. The van der Waals surface area contributed by atoms with Crippen LogP contribution in [-0.2, 0) is 0 Å². The number of halogens is 1. The maximum Gasteiger partial charge on any atom is 0.180 e. The Hall–Kier alpha value is -2.08. The van der Waals surface area contributed by atoms with Gasteiger partial charge in [0.05, 0.1) is 13.2 Å². The highest BCUT2D eigenvalue weighted by Crippen LogP contribution is 2.24. The van der Waals surface area contributed by atoms with Crippen LogP contribution < -0.4 is 10.1 Å². The molecule has 0 radical (unpaired) electrons. The first kappa shape index (κ1) is 13.9. The summed E-state index contributed by atoms with van der Waals surface area (Å²) in [6.07, 6.45) is 5.53. The Balaban J connectivity index is 1.88. The number of rotatable bonds is 4. The summed E-state index contributed by atoms with van der Waals surface area (Å²) in [6.45, 7) is 2.09. The number of anilines is 1. The van der Waals surface area contributed by atoms with Gasteiger partial charge in [-0.2, -0.15) is 0 Å². The lowest BCUT2D eigenvalue weighted by Gasteiger charge is -2.16. The van der Waals surface area contributed by atoms with E-state index in [2.05, 4.69) is 38.1 Å². The smallest absolute Gasteiger partial charge is 0.180 e. The summed E-state index contributed by atoms with van der Waals surface area (Å²) in [7, 11) is 1.66. The van der Waals surface area contributed by atoms with Gasteiger partial charge in [-0.25, -0.2) is 9.97 Å². The molecule has 1 aromatic carbocycles. The predicted octanol–water partition coefficient (Wildman–Crippen LogP) is 3.67. The van der Waals surface area contributed by atoms with Crippen LogP contribution in [0, 0.1) is 0 Å². The van der Waals surface area contributed by atoms with E-state index < -0.39 is 0 Å². The zero-order valence-corrected chi connectivity index (χ0v) is 13.3. The van der Waals surface area contributed by atoms with Crippen molar-refractivity contribution in [3.05, 3.63) is 53.0 Å². The highest BCUT2D eigenvalue weighted by Gasteiger charge is 2.11. The van der Waals surface area contributed by atoms with Gasteiger partial charge in [0, 0.05) is 18.6 Å². The average molecular weight is 347 g/mol. The van der Waals surface area contributed by atoms with E-state index in [4.69, 9.17) is 4.74 Å². The molecule has 0 spiro atoms. The van der Waals surface area contributed by atoms with E-state index in [1.807, 2.05) is 41.1 Å². The largest absolute Gasteiger partial charge is 0.497 e. The Labute approximate surface area is 131 Å². The summed E-state index contributed by atoms with van der Waals surface area (Å²) in [4.78, 5) is 8.80. The van der Waals surface area contributed by atoms with Crippen molar-refractivity contribution in [1.29, 1.82) is 0 Å². The molecule has 108 valence electrons. The number of hydrogen-bond acceptors (Lipinski definition) is 4. The van der Waals surface area contributed by atoms with Crippen molar-refractivity contribution in [2.45, 2.75) is 13.0 Å². The fourth-order valence-electron chi connectivity index (χ4n) is 2.18. The molecule has 0 bridgehead atoms. The molecule has 0 amide bonds. The van der Waals surface area contributed by atoms with Gasteiger partial charge in [-0.05, 0) is 40.5 Å². The van der Waals surface area contributed by atoms with Crippen molar-refractivity contribution >= 4 is 27.4 Å². The van der Waals surface area contributed by atoms with E-state index in [0.29, 0.717) is 0 Å². The van der Waals surface area contributed by atoms with Crippen LogP contribution in [0.4, 0.5) is 5.82 Å². The van der Waals surface area contributed by atoms with E-state index >= 15 is 0 Å². The highest BCUT2D eigenvalue weighted by atomic mass is 79.9. The van der Waals surface area contributed by atoms with E-state index in [1.165, 1.54) is 0 Å². The van der Waals surface area contributed by atoms with Crippen LogP contribution in [0.25, 0.3) is 5.65 Å². The molecule has 3 aromatic rings. The zero-order valence-electron chi connectivity index (χ0n) is 11.7. The number of nitrogens with zero attached hydrogens (tertiary/aromatic N) is 3. The third kappa shape index (κ3) is 2.85. The Morgan fingerprint density at radius 2 is 2.05 bits per heavy atom. The van der Waals surface area contributed by atoms with Crippen LogP contribution >= 0.6 is 15.9 Å². The Bertz CT molecular complexity index is 754. The van der Waals surface area contributed by atoms with Gasteiger partial charge >= 0.3 is 0 Å². The second kappa shape index (κ2) is 5.73. The lowest BCUT2D eigenvalue weighted by molar-refractivity contribution is 0.414. The molecule has 1 N–H and O–H groups in total. The summed E-state index contributed by atoms with van der Waals surface area (Å²) in [5.41, 5.74) is 1.96. The summed E-state index contributed by atoms with van der Waals surface area (Å²) < 4.78 is 7.87. The van der Waals surface area contributed by atoms with Crippen molar-refractivity contribution in [3.8, 4) is 5.75 Å². The van der Waals surface area contributed by atoms with Gasteiger partial charge in [-0.1, -0.05) is 12.1 Å². The molecular weight excluding hydrogens is 332 g/mol. The van der Waals surface area contributed by atoms with Crippen LogP contribution in [0.3, 0.4) is 0 Å². The van der Waals surface area contributed by atoms with Crippen LogP contribution in [0.2, 0.25) is 0 Å². The van der Waals surface area contributed by atoms with Gasteiger partial charge in [0.15, 0.2) is 11.5 Å². The van der Waals surface area contributed by atoms with E-state index in [9.17, 15) is 0 Å². The number of hydrogen-bond donors (Lipinski definition) is 1. The molecule has 2 aromatic heterocycles. The van der Waals surface area contributed by atoms with Gasteiger partial charge in [0.25, 0.3) is 0 Å². The van der Waals surface area contributed by atoms with Crippen molar-refractivity contribution in [3.63, 3.8) is 0 Å². The first-order valence-electron chi connectivity index (χ1n) is 6.57. The summed E-state index contributed by atoms with van der Waals surface area (Å²) >= 11 is 3.42. The third-order valence-corrected chi connectivity index (χ3v) is 3.70. The number of ether oxygens (including phenoxy) is 1. The molecule has 3 rings (SSSR count). The maximum atomic E-state index is 5.18. The molecule has 6 heteroatoms. The van der Waals surface area contributed by atoms with Gasteiger partial charge < -0.3 is 14.5 Å². The molecule has 21 heavy (non-hydrogen) atoms. The second-order valence-electron chi connectivity index (χ2n) is 4.71. The van der Waals surface area contributed by atoms with E-state index in [0.717, 1.165) is 27.4 Å². The Kier molecular flexibility index (Phi) is 3.79. The SMILES string of the molecule is COc1ccc(C(C)Nc2nc(Br)cn3ccnc23)cc1. The highest BCUT2D eigenvalue weighted by molar-refractivity contribution is 9.10. The molecule has 0 aliphatic rings. The number of benzene rings is 1. The second-order valence-corrected chi connectivity index (χ2v) is 5.52. The fraction of sp³-hybridized carbons (Fsp3) is 0.200. The monoisotopic (exact) mass is 346 g/mol. The lowest BCUT2D eigenvalue weighted by atomic mass is 10.1. The molecule has 0 fully saturated rings. The molecule has 1 unspecified atom stereocenters. The number of fused-ring (bicyclic) bond motifs is 1. The predicted molar refractivity (Wildman–Crippen MR) is 85.7 cm³/mol. The normalized spacial score (nSPS) is 12.3. The van der Waals surface area contributed by atoms with Gasteiger partial charge in [-0.3, -0.25) is 0 Å². The molecule has 5 nitrogen and oxygen atoms in total. The summed E-state index contributed by atoms with van der Waals surface area (Å²) in [6, 6.07) is 8.09. The van der Waals surface area contributed by atoms with E-state index in [-0.39, 0.29) is 6.04 Å². The van der Waals surface area contributed by atoms with Gasteiger partial charge in [0.1, 0.15) is 10.4 Å². The topological polar surface area (TPSA) is 51.5 Å². The Morgan fingerprint density at radius 3 is 2.76 bits per heavy atom. The van der Waals surface area contributed by atoms with Crippen LogP contribution in [0.1, 0.15) is 18.5 Å². The average Bonchev–Trinajstić information content (AvgIpc) is 2.95. The van der Waals surface area contributed by atoms with Crippen molar-refractivity contribution in [1.82, 2.24) is 14.4 Å². The summed E-state index contributed by atoms with van der Waals surface area (Å²) in [5, 5.41) is 3.40. The first-order chi connectivity index (χ1) is 10.2. The Morgan fingerprint density at radius 1 is 1.29 bits per heavy atom. The number of aromatic nitrogens is 3. The molecule has 2 heterocycles. The number of imidazole rings is 1. The maximum absolute atomic E-state index is 5.18. The molecule has 0 saturated heterocycles. The minimum atomic E-state index is 0.109. The minimum absolute atomic E-state index is 0.109. The first-order valence-corrected chi connectivity index (χ1v) is 7.36. The molecule has 0 aliphatic heterocycles. The van der Waals surface area contributed by atoms with Crippen molar-refractivity contribution in [2.75, 3.05) is 12.4 Å². The number of methoxy groups -OCH3 is 1. The fourth-order valence-corrected chi connectivity index (χ4v) is 2.58. The quantitative estimate of drug-likeness (QED) is 0.782. The van der Waals surface area contributed by atoms with Crippen LogP contribution in [0.15, 0.2) is 47.5 Å². The minimum Gasteiger partial charge on any atom is -0.497 e. The standard InChI is InChI=1S/C15H15BrN4O/c1-10(11-3-5-12(21-2)6-4-11)18-14-15-17-7-8-20(15)9-13(16)19-14/h3-10H,1-2H3,(H,18,19). The van der Waals surface area contributed by atoms with E-state index in [1.54, 1.807) is 13.3 Å². The molecular formula is C15H15BrN4O. The van der Waals surface area contributed by atoms with Gasteiger partial charge in [-0.15, -0.1) is 0 Å². The summed E-state index contributed by atoms with van der Waals surface area (Å²) in [5.74, 6) is 1.60. The van der Waals surface area contributed by atoms with Crippen LogP contribution in [-0.4, -0.2) is 21.5 Å². The lowest BCUT2D eigenvalue weighted by Crippen LogP contribution is -2.09. The third-order valence-electron chi connectivity index (χ3n) is 3.31. The van der Waals surface area contributed by atoms with Crippen molar-refractivity contribution in [2.24, 2.45) is 0 Å². The molecule has 0 saturated carbocycles. The zero-order chi connectivity index (χ0) is 14.8. The van der Waals surface area contributed by atoms with Crippen molar-refractivity contribution < 1.29 is 4.74 Å². The van der Waals surface area contributed by atoms with Crippen LogP contribution in [0.5, 0.6) is 5.75 Å². The van der Waals surface area contributed by atoms with Gasteiger partial charge in [0.2, 0.25) is 0 Å². The molecule has 0 aliphatic carbocycles. The number of nitrogens with one attached hydrogen (secondary N) is 1.